The van der Waals surface area contributed by atoms with Gasteiger partial charge in [-0.3, -0.25) is 15.0 Å². The third-order valence-corrected chi connectivity index (χ3v) is 5.38. The molecular formula is C23H21N3O4S. The lowest BCUT2D eigenvalue weighted by atomic mass is 10.1. The number of para-hydroxylation sites is 2. The van der Waals surface area contributed by atoms with Crippen LogP contribution in [0.3, 0.4) is 0 Å². The SMILES string of the molecule is CCCOc1ccccc1OCC(=O)Nn1cnc2scc(-c3ccccc3)c2c1=O. The van der Waals surface area contributed by atoms with Crippen LogP contribution >= 0.6 is 11.3 Å². The highest BCUT2D eigenvalue weighted by Gasteiger charge is 2.15. The van der Waals surface area contributed by atoms with Gasteiger partial charge in [0.15, 0.2) is 18.1 Å². The van der Waals surface area contributed by atoms with E-state index in [0.29, 0.717) is 28.3 Å². The first kappa shape index (κ1) is 20.6. The van der Waals surface area contributed by atoms with Crippen LogP contribution in [0, 0.1) is 0 Å². The van der Waals surface area contributed by atoms with Gasteiger partial charge < -0.3 is 9.47 Å². The van der Waals surface area contributed by atoms with Crippen LogP contribution in [0.15, 0.2) is 71.1 Å². The van der Waals surface area contributed by atoms with Gasteiger partial charge >= 0.3 is 0 Å². The first-order valence-corrected chi connectivity index (χ1v) is 10.7. The van der Waals surface area contributed by atoms with Crippen LogP contribution in [-0.4, -0.2) is 28.8 Å². The number of carbonyl (C=O) groups is 1. The van der Waals surface area contributed by atoms with E-state index in [4.69, 9.17) is 9.47 Å². The monoisotopic (exact) mass is 435 g/mol. The molecular weight excluding hydrogens is 414 g/mol. The van der Waals surface area contributed by atoms with E-state index in [1.807, 2.05) is 48.7 Å². The van der Waals surface area contributed by atoms with Crippen molar-refractivity contribution >= 4 is 27.5 Å². The molecule has 4 aromatic rings. The number of amides is 1. The van der Waals surface area contributed by atoms with Gasteiger partial charge in [-0.1, -0.05) is 49.4 Å². The number of hydrogen-bond donors (Lipinski definition) is 1. The number of nitrogens with zero attached hydrogens (tertiary/aromatic N) is 2. The van der Waals surface area contributed by atoms with Crippen molar-refractivity contribution in [3.63, 3.8) is 0 Å². The van der Waals surface area contributed by atoms with E-state index < -0.39 is 5.91 Å². The van der Waals surface area contributed by atoms with Gasteiger partial charge in [-0.15, -0.1) is 11.3 Å². The van der Waals surface area contributed by atoms with E-state index in [1.165, 1.54) is 17.7 Å². The van der Waals surface area contributed by atoms with Gasteiger partial charge in [0.25, 0.3) is 11.5 Å². The summed E-state index contributed by atoms with van der Waals surface area (Å²) in [6.07, 6.45) is 2.17. The largest absolute Gasteiger partial charge is 0.490 e. The minimum Gasteiger partial charge on any atom is -0.490 e. The van der Waals surface area contributed by atoms with Gasteiger partial charge in [-0.05, 0) is 24.1 Å². The van der Waals surface area contributed by atoms with Gasteiger partial charge in [-0.25, -0.2) is 9.66 Å². The molecule has 31 heavy (non-hydrogen) atoms. The molecule has 158 valence electrons. The first-order chi connectivity index (χ1) is 15.2. The number of aromatic nitrogens is 2. The fourth-order valence-electron chi connectivity index (χ4n) is 3.05. The molecule has 0 bridgehead atoms. The zero-order chi connectivity index (χ0) is 21.6. The lowest BCUT2D eigenvalue weighted by Crippen LogP contribution is -2.35. The van der Waals surface area contributed by atoms with Gasteiger partial charge in [0.1, 0.15) is 11.2 Å². The average molecular weight is 436 g/mol. The highest BCUT2D eigenvalue weighted by Crippen LogP contribution is 2.30. The standard InChI is InChI=1S/C23H21N3O4S/c1-2-12-29-18-10-6-7-11-19(18)30-13-20(27)25-26-15-24-22-21(23(26)28)17(14-31-22)16-8-4-3-5-9-16/h3-11,14-15H,2,12-13H2,1H3,(H,25,27). The summed E-state index contributed by atoms with van der Waals surface area (Å²) in [4.78, 5) is 30.4. The van der Waals surface area contributed by atoms with Gasteiger partial charge in [-0.2, -0.15) is 0 Å². The fourth-order valence-corrected chi connectivity index (χ4v) is 3.96. The topological polar surface area (TPSA) is 82.4 Å². The van der Waals surface area contributed by atoms with Crippen LogP contribution in [0.5, 0.6) is 11.5 Å². The molecule has 0 aliphatic rings. The Bertz CT molecular complexity index is 1250. The molecule has 7 nitrogen and oxygen atoms in total. The normalized spacial score (nSPS) is 10.7. The maximum atomic E-state index is 13.0. The molecule has 0 atom stereocenters. The molecule has 2 aromatic carbocycles. The van der Waals surface area contributed by atoms with Crippen molar-refractivity contribution in [3.05, 3.63) is 76.7 Å². The Hall–Kier alpha value is -3.65. The summed E-state index contributed by atoms with van der Waals surface area (Å²) in [6, 6.07) is 16.8. The Kier molecular flexibility index (Phi) is 6.28. The van der Waals surface area contributed by atoms with Crippen molar-refractivity contribution in [2.24, 2.45) is 0 Å². The predicted molar refractivity (Wildman–Crippen MR) is 121 cm³/mol. The fraction of sp³-hybridized carbons (Fsp3) is 0.174. The quantitative estimate of drug-likeness (QED) is 0.451. The summed E-state index contributed by atoms with van der Waals surface area (Å²) >= 11 is 1.39. The Balaban J connectivity index is 1.51. The van der Waals surface area contributed by atoms with Crippen molar-refractivity contribution in [3.8, 4) is 22.6 Å². The van der Waals surface area contributed by atoms with E-state index >= 15 is 0 Å². The maximum Gasteiger partial charge on any atom is 0.281 e. The van der Waals surface area contributed by atoms with Crippen molar-refractivity contribution < 1.29 is 14.3 Å². The second kappa shape index (κ2) is 9.44. The number of nitrogens with one attached hydrogen (secondary N) is 1. The second-order valence-corrected chi connectivity index (χ2v) is 7.59. The lowest BCUT2D eigenvalue weighted by Gasteiger charge is -2.12. The van der Waals surface area contributed by atoms with Crippen molar-refractivity contribution in [1.82, 2.24) is 9.66 Å². The summed E-state index contributed by atoms with van der Waals surface area (Å²) in [6.45, 7) is 2.29. The number of rotatable bonds is 8. The van der Waals surface area contributed by atoms with Crippen molar-refractivity contribution in [2.45, 2.75) is 13.3 Å². The highest BCUT2D eigenvalue weighted by molar-refractivity contribution is 7.17. The zero-order valence-electron chi connectivity index (χ0n) is 16.9. The van der Waals surface area contributed by atoms with Crippen molar-refractivity contribution in [2.75, 3.05) is 18.6 Å². The molecule has 0 saturated heterocycles. The number of benzene rings is 2. The number of ether oxygens (including phenoxy) is 2. The molecule has 0 aliphatic heterocycles. The number of carbonyl (C=O) groups excluding carboxylic acids is 1. The molecule has 0 aliphatic carbocycles. The lowest BCUT2D eigenvalue weighted by molar-refractivity contribution is -0.119. The third-order valence-electron chi connectivity index (χ3n) is 4.49. The van der Waals surface area contributed by atoms with Gasteiger partial charge in [0, 0.05) is 10.9 Å². The number of thiophene rings is 1. The summed E-state index contributed by atoms with van der Waals surface area (Å²) < 4.78 is 12.3. The Labute approximate surface area is 182 Å². The summed E-state index contributed by atoms with van der Waals surface area (Å²) in [5.74, 6) is 0.560. The van der Waals surface area contributed by atoms with E-state index in [1.54, 1.807) is 18.2 Å². The van der Waals surface area contributed by atoms with Gasteiger partial charge in [0.05, 0.1) is 12.0 Å². The molecule has 2 heterocycles. The number of fused-ring (bicyclic) bond motifs is 1. The first-order valence-electron chi connectivity index (χ1n) is 9.86. The Morgan fingerprint density at radius 3 is 2.52 bits per heavy atom. The minimum atomic E-state index is -0.481. The Morgan fingerprint density at radius 1 is 1.06 bits per heavy atom. The molecule has 4 rings (SSSR count). The molecule has 0 saturated carbocycles. The van der Waals surface area contributed by atoms with Crippen LogP contribution in [-0.2, 0) is 4.79 Å². The minimum absolute atomic E-state index is 0.272. The van der Waals surface area contributed by atoms with Crippen molar-refractivity contribution in [1.29, 1.82) is 0 Å². The molecule has 1 amide bonds. The third kappa shape index (κ3) is 4.59. The molecule has 8 heteroatoms. The smallest absolute Gasteiger partial charge is 0.281 e. The molecule has 0 radical (unpaired) electrons. The molecule has 0 unspecified atom stereocenters. The van der Waals surface area contributed by atoms with Crippen LogP contribution in [0.2, 0.25) is 0 Å². The van der Waals surface area contributed by atoms with E-state index in [-0.39, 0.29) is 12.2 Å². The number of hydrogen-bond acceptors (Lipinski definition) is 6. The Morgan fingerprint density at radius 2 is 1.77 bits per heavy atom. The van der Waals surface area contributed by atoms with Crippen LogP contribution in [0.4, 0.5) is 0 Å². The summed E-state index contributed by atoms with van der Waals surface area (Å²) in [5, 5.41) is 2.37. The molecule has 0 fully saturated rings. The van der Waals surface area contributed by atoms with E-state index in [9.17, 15) is 9.59 Å². The average Bonchev–Trinajstić information content (AvgIpc) is 3.24. The predicted octanol–water partition coefficient (Wildman–Crippen LogP) is 4.06. The van der Waals surface area contributed by atoms with Crippen LogP contribution < -0.4 is 20.5 Å². The summed E-state index contributed by atoms with van der Waals surface area (Å²) in [5.41, 5.74) is 3.91. The molecule has 1 N–H and O–H groups in total. The van der Waals surface area contributed by atoms with E-state index in [2.05, 4.69) is 10.4 Å². The molecule has 0 spiro atoms. The van der Waals surface area contributed by atoms with Gasteiger partial charge in [0.2, 0.25) is 0 Å². The highest BCUT2D eigenvalue weighted by atomic mass is 32.1. The maximum absolute atomic E-state index is 13.0. The molecule has 2 aromatic heterocycles. The van der Waals surface area contributed by atoms with E-state index in [0.717, 1.165) is 22.2 Å². The van der Waals surface area contributed by atoms with Crippen LogP contribution in [0.1, 0.15) is 13.3 Å². The second-order valence-electron chi connectivity index (χ2n) is 6.73. The van der Waals surface area contributed by atoms with Crippen LogP contribution in [0.25, 0.3) is 21.3 Å². The zero-order valence-corrected chi connectivity index (χ0v) is 17.7. The summed E-state index contributed by atoms with van der Waals surface area (Å²) in [7, 11) is 0.